The van der Waals surface area contributed by atoms with Crippen molar-refractivity contribution in [2.45, 2.75) is 316 Å². The Bertz CT molecular complexity index is 2510. The van der Waals surface area contributed by atoms with E-state index >= 15 is 0 Å². The van der Waals surface area contributed by atoms with Crippen LogP contribution in [-0.2, 0) is 65.4 Å². The molecular formula is C83H138O17P2. The van der Waals surface area contributed by atoms with Crippen LogP contribution in [0.4, 0.5) is 0 Å². The lowest BCUT2D eigenvalue weighted by molar-refractivity contribution is -0.161. The molecule has 0 aliphatic heterocycles. The Morgan fingerprint density at radius 2 is 0.510 bits per heavy atom. The van der Waals surface area contributed by atoms with Gasteiger partial charge in [-0.2, -0.15) is 0 Å². The smallest absolute Gasteiger partial charge is 0.462 e. The number of ether oxygens (including phenoxy) is 4. The highest BCUT2D eigenvalue weighted by molar-refractivity contribution is 7.47. The molecule has 0 spiro atoms. The van der Waals surface area contributed by atoms with E-state index in [2.05, 4.69) is 174 Å². The average molecular weight is 1470 g/mol. The summed E-state index contributed by atoms with van der Waals surface area (Å²) >= 11 is 0. The molecule has 19 heteroatoms. The summed E-state index contributed by atoms with van der Waals surface area (Å²) in [6, 6.07) is 0. The fraction of sp³-hybridized carbons (Fsp3) is 0.663. The SMILES string of the molecule is CC/C=C\C/C=C\C/C=C\C/C=C\CCCCCCC(=O)OCC(COP(=O)(O)OCC(O)COP(=O)(O)OCC(COC(=O)CCCCCCC/C=C\C/C=C\C/C=C\CC)OC(=O)CCCCCCC/C=C\CCCCCC)OC(=O)CCCCCC/C=C\C/C=C\C/C=C\C/C=C\CC. The van der Waals surface area contributed by atoms with Crippen LogP contribution in [0.5, 0.6) is 0 Å². The van der Waals surface area contributed by atoms with Gasteiger partial charge in [-0.25, -0.2) is 9.13 Å². The van der Waals surface area contributed by atoms with Crippen molar-refractivity contribution in [3.8, 4) is 0 Å². The largest absolute Gasteiger partial charge is 0.472 e. The maximum atomic E-state index is 13.1. The number of phosphoric acid groups is 2. The summed E-state index contributed by atoms with van der Waals surface area (Å²) in [5.74, 6) is -2.26. The molecule has 0 rings (SSSR count). The predicted molar refractivity (Wildman–Crippen MR) is 417 cm³/mol. The van der Waals surface area contributed by atoms with E-state index in [1.807, 2.05) is 0 Å². The normalized spacial score (nSPS) is 14.7. The summed E-state index contributed by atoms with van der Waals surface area (Å²) in [4.78, 5) is 73.0. The first-order valence-electron chi connectivity index (χ1n) is 39.1. The van der Waals surface area contributed by atoms with E-state index < -0.39 is 97.5 Å². The molecule has 0 fully saturated rings. The van der Waals surface area contributed by atoms with Crippen LogP contribution in [0.3, 0.4) is 0 Å². The molecule has 0 aromatic carbocycles. The van der Waals surface area contributed by atoms with Crippen molar-refractivity contribution >= 4 is 39.5 Å². The number of aliphatic hydroxyl groups excluding tert-OH is 1. The summed E-state index contributed by atoms with van der Waals surface area (Å²) in [6.07, 6.45) is 84.0. The lowest BCUT2D eigenvalue weighted by atomic mass is 10.1. The van der Waals surface area contributed by atoms with Gasteiger partial charge >= 0.3 is 39.5 Å². The second-order valence-corrected chi connectivity index (χ2v) is 28.4. The topological polar surface area (TPSA) is 237 Å². The summed E-state index contributed by atoms with van der Waals surface area (Å²) in [6.45, 7) is 4.43. The van der Waals surface area contributed by atoms with Crippen LogP contribution >= 0.6 is 15.6 Å². The zero-order valence-corrected chi connectivity index (χ0v) is 65.3. The van der Waals surface area contributed by atoms with Crippen molar-refractivity contribution in [1.29, 1.82) is 0 Å². The molecule has 0 saturated carbocycles. The Hall–Kier alpha value is -5.06. The third-order valence-corrected chi connectivity index (χ3v) is 17.7. The van der Waals surface area contributed by atoms with Crippen LogP contribution in [0.1, 0.15) is 297 Å². The Kier molecular flexibility index (Phi) is 70.5. The van der Waals surface area contributed by atoms with Gasteiger partial charge in [0, 0.05) is 25.7 Å². The first-order valence-corrected chi connectivity index (χ1v) is 42.1. The van der Waals surface area contributed by atoms with Crippen LogP contribution in [0.15, 0.2) is 146 Å². The summed E-state index contributed by atoms with van der Waals surface area (Å²) in [5, 5.41) is 10.6. The van der Waals surface area contributed by atoms with Crippen LogP contribution in [-0.4, -0.2) is 96.7 Å². The molecule has 0 heterocycles. The number of esters is 4. The number of carbonyl (C=O) groups excluding carboxylic acids is 4. The van der Waals surface area contributed by atoms with E-state index in [0.29, 0.717) is 25.7 Å². The third-order valence-electron chi connectivity index (χ3n) is 15.8. The van der Waals surface area contributed by atoms with Crippen molar-refractivity contribution < 1.29 is 80.2 Å². The highest BCUT2D eigenvalue weighted by Crippen LogP contribution is 2.45. The monoisotopic (exact) mass is 1470 g/mol. The van der Waals surface area contributed by atoms with Crippen LogP contribution in [0.2, 0.25) is 0 Å². The number of allylic oxidation sites excluding steroid dienone is 24. The second kappa shape index (κ2) is 74.2. The molecular weight excluding hydrogens is 1330 g/mol. The van der Waals surface area contributed by atoms with Gasteiger partial charge in [0.25, 0.3) is 0 Å². The highest BCUT2D eigenvalue weighted by atomic mass is 31.2. The first kappa shape index (κ1) is 96.9. The Morgan fingerprint density at radius 3 is 0.794 bits per heavy atom. The fourth-order valence-electron chi connectivity index (χ4n) is 9.92. The van der Waals surface area contributed by atoms with Crippen LogP contribution in [0.25, 0.3) is 0 Å². The lowest BCUT2D eigenvalue weighted by Gasteiger charge is -2.21. The van der Waals surface area contributed by atoms with E-state index in [9.17, 15) is 43.2 Å². The van der Waals surface area contributed by atoms with Crippen molar-refractivity contribution in [2.24, 2.45) is 0 Å². The van der Waals surface area contributed by atoms with Gasteiger partial charge in [0.1, 0.15) is 19.3 Å². The van der Waals surface area contributed by atoms with Crippen molar-refractivity contribution in [3.05, 3.63) is 146 Å². The zero-order valence-electron chi connectivity index (χ0n) is 63.5. The number of rotatable bonds is 72. The zero-order chi connectivity index (χ0) is 74.6. The predicted octanol–water partition coefficient (Wildman–Crippen LogP) is 22.7. The van der Waals surface area contributed by atoms with Gasteiger partial charge in [0.15, 0.2) is 12.2 Å². The molecule has 0 aliphatic rings. The minimum atomic E-state index is -5.00. The van der Waals surface area contributed by atoms with Crippen molar-refractivity contribution in [1.82, 2.24) is 0 Å². The number of hydrogen-bond donors (Lipinski definition) is 3. The maximum absolute atomic E-state index is 13.1. The first-order chi connectivity index (χ1) is 49.7. The standard InChI is InChI=1S/C83H138O17P2/c1-5-9-13-17-21-25-29-33-36-38-41-45-48-52-56-60-64-68-81(86)94-74-79(100-83(88)70-66-62-58-54-50-46-42-39-37-34-30-26-22-18-14-10-6-2)76-98-102(91,92)96-72-77(84)71-95-101(89,90)97-75-78(99-82(87)69-65-61-57-53-49-43-32-28-24-20-16-12-8-4)73-93-80(85)67-63-59-55-51-47-44-40-35-31-27-23-19-15-11-7-3/h9-11,13-15,21-23,25-28,32-37,40-42,45-46,77-79,84H,5-8,12,16-20,24,29-31,38-39,43-44,47-76H2,1-4H3,(H,89,90)(H,91,92)/b13-9-,14-10-,15-11-,25-21-,26-22-,27-23-,32-28-,36-33-,37-34-,40-35-,45-41-,46-42-. The lowest BCUT2D eigenvalue weighted by Crippen LogP contribution is -2.30. The summed E-state index contributed by atoms with van der Waals surface area (Å²) in [7, 11) is -9.98. The Morgan fingerprint density at radius 1 is 0.284 bits per heavy atom. The molecule has 0 bridgehead atoms. The molecule has 17 nitrogen and oxygen atoms in total. The third kappa shape index (κ3) is 73.3. The minimum absolute atomic E-state index is 0.0564. The van der Waals surface area contributed by atoms with E-state index in [0.717, 1.165) is 193 Å². The quantitative estimate of drug-likeness (QED) is 0.0169. The van der Waals surface area contributed by atoms with Gasteiger partial charge in [0.2, 0.25) is 0 Å². The van der Waals surface area contributed by atoms with Crippen molar-refractivity contribution in [2.75, 3.05) is 39.6 Å². The van der Waals surface area contributed by atoms with E-state index in [4.69, 9.17) is 37.0 Å². The van der Waals surface area contributed by atoms with Gasteiger partial charge in [-0.1, -0.05) is 257 Å². The van der Waals surface area contributed by atoms with Gasteiger partial charge in [-0.15, -0.1) is 0 Å². The molecule has 0 amide bonds. The average Bonchev–Trinajstić information content (AvgIpc) is 0.959. The number of phosphoric ester groups is 2. The van der Waals surface area contributed by atoms with E-state index in [1.54, 1.807) is 0 Å². The van der Waals surface area contributed by atoms with Gasteiger partial charge in [-0.05, 0) is 161 Å². The molecule has 0 aromatic heterocycles. The van der Waals surface area contributed by atoms with E-state index in [-0.39, 0.29) is 25.7 Å². The number of hydrogen-bond acceptors (Lipinski definition) is 15. The second-order valence-electron chi connectivity index (χ2n) is 25.5. The van der Waals surface area contributed by atoms with Gasteiger partial charge in [-0.3, -0.25) is 37.3 Å². The van der Waals surface area contributed by atoms with Gasteiger partial charge < -0.3 is 33.8 Å². The molecule has 0 aliphatic carbocycles. The molecule has 582 valence electrons. The fourth-order valence-corrected chi connectivity index (χ4v) is 11.5. The van der Waals surface area contributed by atoms with E-state index in [1.165, 1.54) is 25.7 Å². The molecule has 0 aromatic rings. The molecule has 0 saturated heterocycles. The molecule has 102 heavy (non-hydrogen) atoms. The summed E-state index contributed by atoms with van der Waals surface area (Å²) in [5.41, 5.74) is 0. The van der Waals surface area contributed by atoms with Crippen LogP contribution < -0.4 is 0 Å². The minimum Gasteiger partial charge on any atom is -0.462 e. The molecule has 5 unspecified atom stereocenters. The highest BCUT2D eigenvalue weighted by Gasteiger charge is 2.30. The number of carbonyl (C=O) groups is 4. The molecule has 3 N–H and O–H groups in total. The molecule has 5 atom stereocenters. The maximum Gasteiger partial charge on any atom is 0.472 e. The van der Waals surface area contributed by atoms with Crippen molar-refractivity contribution in [3.63, 3.8) is 0 Å². The van der Waals surface area contributed by atoms with Gasteiger partial charge in [0.05, 0.1) is 26.4 Å². The molecule has 0 radical (unpaired) electrons. The van der Waals surface area contributed by atoms with Crippen LogP contribution in [0, 0.1) is 0 Å². The Balaban J connectivity index is 5.43. The summed E-state index contributed by atoms with van der Waals surface area (Å²) < 4.78 is 68.5. The number of aliphatic hydroxyl groups is 1. The Labute approximate surface area is 617 Å². The number of unbranched alkanes of at least 4 members (excludes halogenated alkanes) is 22.